The minimum Gasteiger partial charge on any atom is -0.380 e. The van der Waals surface area contributed by atoms with E-state index in [4.69, 9.17) is 23.7 Å². The highest BCUT2D eigenvalue weighted by molar-refractivity contribution is 5.25. The molecule has 0 amide bonds. The Hall–Kier alpha value is -0.760. The molecule has 2 saturated heterocycles. The predicted octanol–water partition coefficient (Wildman–Crippen LogP) is 15.0. The van der Waals surface area contributed by atoms with E-state index in [0.29, 0.717) is 55.4 Å². The first-order chi connectivity index (χ1) is 31.7. The smallest absolute Gasteiger partial charge is 0.0936 e. The topological polar surface area (TPSA) is 49.4 Å². The summed E-state index contributed by atoms with van der Waals surface area (Å²) in [6.45, 7) is 24.3. The fraction of sp³-hybridized carbons (Fsp3) is 0.932. The summed E-state index contributed by atoms with van der Waals surface area (Å²) in [6, 6.07) is 0. The fourth-order valence-corrected chi connectivity index (χ4v) is 14.4. The Labute approximate surface area is 402 Å². The van der Waals surface area contributed by atoms with Gasteiger partial charge < -0.3 is 28.6 Å². The number of hydrogen-bond acceptors (Lipinski definition) is 6. The van der Waals surface area contributed by atoms with E-state index in [1.165, 1.54) is 161 Å². The van der Waals surface area contributed by atoms with Gasteiger partial charge in [-0.25, -0.2) is 0 Å². The molecule has 1 spiro atoms. The van der Waals surface area contributed by atoms with Crippen LogP contribution < -0.4 is 0 Å². The molecule has 2 heterocycles. The molecule has 6 aliphatic rings. The van der Waals surface area contributed by atoms with Gasteiger partial charge in [0.15, 0.2) is 0 Å². The minimum atomic E-state index is 0.0895. The van der Waals surface area contributed by atoms with Crippen LogP contribution in [0, 0.1) is 51.8 Å². The summed E-state index contributed by atoms with van der Waals surface area (Å²) >= 11 is 0. The first-order valence-corrected chi connectivity index (χ1v) is 28.7. The lowest BCUT2D eigenvalue weighted by molar-refractivity contribution is -0.143. The third-order valence-electron chi connectivity index (χ3n) is 18.7. The van der Waals surface area contributed by atoms with E-state index in [1.807, 2.05) is 0 Å². The second-order valence-corrected chi connectivity index (χ2v) is 23.9. The molecule has 6 rings (SSSR count). The van der Waals surface area contributed by atoms with Crippen LogP contribution in [0.1, 0.15) is 215 Å². The lowest BCUT2D eigenvalue weighted by atomic mass is 9.47. The zero-order chi connectivity index (χ0) is 45.8. The molecule has 65 heavy (non-hydrogen) atoms. The van der Waals surface area contributed by atoms with E-state index in [2.05, 4.69) is 64.7 Å². The summed E-state index contributed by atoms with van der Waals surface area (Å²) in [5.74, 6) is 5.35. The molecule has 0 aromatic heterocycles. The Kier molecular flexibility index (Phi) is 23.2. The van der Waals surface area contributed by atoms with E-state index < -0.39 is 0 Å². The van der Waals surface area contributed by atoms with Gasteiger partial charge in [0, 0.05) is 18.6 Å². The molecule has 0 aromatic carbocycles. The average molecular weight is 908 g/mol. The van der Waals surface area contributed by atoms with Crippen LogP contribution in [0.5, 0.6) is 0 Å². The number of ether oxygens (including phenoxy) is 5. The predicted molar refractivity (Wildman–Crippen MR) is 273 cm³/mol. The van der Waals surface area contributed by atoms with Crippen LogP contribution in [0.2, 0.25) is 0 Å². The van der Waals surface area contributed by atoms with Crippen LogP contribution in [0.3, 0.4) is 0 Å². The van der Waals surface area contributed by atoms with E-state index in [9.17, 15) is 0 Å². The summed E-state index contributed by atoms with van der Waals surface area (Å²) < 4.78 is 31.0. The molecule has 2 aliphatic heterocycles. The Morgan fingerprint density at radius 1 is 0.708 bits per heavy atom. The molecule has 2 unspecified atom stereocenters. The zero-order valence-corrected chi connectivity index (χ0v) is 43.7. The number of fused-ring (bicyclic) bond motifs is 5. The van der Waals surface area contributed by atoms with Crippen molar-refractivity contribution in [3.63, 3.8) is 0 Å². The summed E-state index contributed by atoms with van der Waals surface area (Å²) in [7, 11) is 0. The maximum atomic E-state index is 6.55. The molecule has 3 saturated carbocycles. The van der Waals surface area contributed by atoms with Crippen molar-refractivity contribution in [2.45, 2.75) is 227 Å². The molecular formula is C59H105NO5. The van der Waals surface area contributed by atoms with Crippen LogP contribution >= 0.6 is 0 Å². The number of nitrogens with zero attached hydrogens (tertiary/aromatic N) is 1. The third-order valence-corrected chi connectivity index (χ3v) is 18.7. The standard InChI is InChI=1S/C59H105NO5/c1-7-8-9-10-11-12-13-14-15-16-17-18-19-20-21-22-38-62-45-52(44-60-36-34-59(35-37-60)46-63-47-59)65-42-40-61-39-41-64-51-30-32-57(5)50(43-51)26-27-53-55-29-28-54(49(4)25-23-24-48(2)3)58(55,6)33-31-56(53)57/h14-15,26,48-49,51-56H,7-13,16-25,27-47H2,1-6H3/t49-,51-,52?,53-,54?,55-,56-,57-,58+/m0/s1. The summed E-state index contributed by atoms with van der Waals surface area (Å²) in [5, 5.41) is 0. The van der Waals surface area contributed by atoms with E-state index in [-0.39, 0.29) is 6.10 Å². The van der Waals surface area contributed by atoms with E-state index >= 15 is 0 Å². The lowest BCUT2D eigenvalue weighted by Crippen LogP contribution is -2.52. The van der Waals surface area contributed by atoms with Crippen LogP contribution in [-0.2, 0) is 23.7 Å². The van der Waals surface area contributed by atoms with Gasteiger partial charge in [0.2, 0.25) is 0 Å². The number of likely N-dealkylation sites (tertiary alicyclic amines) is 1. The molecule has 0 radical (unpaired) electrons. The Balaban J connectivity index is 0.823. The lowest BCUT2D eigenvalue weighted by Gasteiger charge is -2.58. The van der Waals surface area contributed by atoms with Crippen LogP contribution in [-0.4, -0.2) is 89.6 Å². The van der Waals surface area contributed by atoms with Gasteiger partial charge in [-0.15, -0.1) is 0 Å². The number of piperidine rings is 1. The van der Waals surface area contributed by atoms with Gasteiger partial charge in [-0.3, -0.25) is 0 Å². The Morgan fingerprint density at radius 3 is 2.12 bits per heavy atom. The highest BCUT2D eigenvalue weighted by Crippen LogP contribution is 2.67. The SMILES string of the molecule is CCCCCCCCC=CCCCCCCCCOCC(CN1CCC2(CC1)COC2)OCCOCCO[C@H]1CC[C@@]2(C)C(=CC[C@@H]3[C@@H]2CC[C@]2(C)C([C@@H](C)CCCC(C)C)CC[C@@H]32)C1. The second-order valence-electron chi connectivity index (χ2n) is 23.9. The molecule has 5 fully saturated rings. The van der Waals surface area contributed by atoms with Crippen LogP contribution in [0.25, 0.3) is 0 Å². The van der Waals surface area contributed by atoms with Crippen LogP contribution in [0.15, 0.2) is 23.8 Å². The number of unbranched alkanes of at least 4 members (excludes halogenated alkanes) is 12. The van der Waals surface area contributed by atoms with Crippen molar-refractivity contribution in [2.75, 3.05) is 72.5 Å². The third kappa shape index (κ3) is 16.1. The van der Waals surface area contributed by atoms with E-state index in [1.54, 1.807) is 5.57 Å². The first-order valence-electron chi connectivity index (χ1n) is 28.7. The summed E-state index contributed by atoms with van der Waals surface area (Å²) in [5.41, 5.74) is 3.13. The number of rotatable bonds is 33. The van der Waals surface area contributed by atoms with Gasteiger partial charge in [-0.05, 0) is 156 Å². The van der Waals surface area contributed by atoms with Crippen molar-refractivity contribution in [1.29, 1.82) is 0 Å². The maximum absolute atomic E-state index is 6.55. The van der Waals surface area contributed by atoms with Gasteiger partial charge in [0.1, 0.15) is 0 Å². The van der Waals surface area contributed by atoms with Crippen molar-refractivity contribution in [1.82, 2.24) is 4.90 Å². The molecule has 0 N–H and O–H groups in total. The van der Waals surface area contributed by atoms with Crippen molar-refractivity contribution >= 4 is 0 Å². The average Bonchev–Trinajstić information content (AvgIpc) is 3.65. The van der Waals surface area contributed by atoms with Crippen molar-refractivity contribution in [3.05, 3.63) is 23.8 Å². The number of hydrogen-bond donors (Lipinski definition) is 0. The van der Waals surface area contributed by atoms with Gasteiger partial charge in [-0.2, -0.15) is 0 Å². The maximum Gasteiger partial charge on any atom is 0.0936 e. The largest absolute Gasteiger partial charge is 0.380 e. The van der Waals surface area contributed by atoms with Gasteiger partial charge in [0.25, 0.3) is 0 Å². The molecule has 4 aliphatic carbocycles. The van der Waals surface area contributed by atoms with Crippen molar-refractivity contribution in [2.24, 2.45) is 51.8 Å². The highest BCUT2D eigenvalue weighted by atomic mass is 16.6. The summed E-state index contributed by atoms with van der Waals surface area (Å²) in [6.07, 6.45) is 44.2. The molecular weight excluding hydrogens is 803 g/mol. The van der Waals surface area contributed by atoms with Gasteiger partial charge in [0.05, 0.1) is 58.5 Å². The Morgan fingerprint density at radius 2 is 1.42 bits per heavy atom. The monoisotopic (exact) mass is 908 g/mol. The molecule has 6 nitrogen and oxygen atoms in total. The van der Waals surface area contributed by atoms with Crippen LogP contribution in [0.4, 0.5) is 0 Å². The molecule has 6 heteroatoms. The highest BCUT2D eigenvalue weighted by Gasteiger charge is 2.59. The quantitative estimate of drug-likeness (QED) is 0.0483. The molecule has 9 atom stereocenters. The van der Waals surface area contributed by atoms with Crippen molar-refractivity contribution < 1.29 is 23.7 Å². The number of allylic oxidation sites excluding steroid dienone is 3. The summed E-state index contributed by atoms with van der Waals surface area (Å²) in [4.78, 5) is 2.60. The molecule has 0 aromatic rings. The first kappa shape index (κ1) is 53.6. The normalized spacial score (nSPS) is 30.9. The zero-order valence-electron chi connectivity index (χ0n) is 43.7. The van der Waals surface area contributed by atoms with Gasteiger partial charge >= 0.3 is 0 Å². The minimum absolute atomic E-state index is 0.0895. The van der Waals surface area contributed by atoms with E-state index in [0.717, 1.165) is 87.8 Å². The fourth-order valence-electron chi connectivity index (χ4n) is 14.4. The Bertz CT molecular complexity index is 1350. The second kappa shape index (κ2) is 28.2. The molecule has 376 valence electrons. The molecule has 0 bridgehead atoms. The van der Waals surface area contributed by atoms with Gasteiger partial charge in [-0.1, -0.05) is 142 Å². The van der Waals surface area contributed by atoms with Crippen molar-refractivity contribution in [3.8, 4) is 0 Å².